The fourth-order valence-electron chi connectivity index (χ4n) is 2.28. The molecular weight excluding hydrogens is 284 g/mol. The molecular formula is C15H18N4O3. The molecule has 2 aromatic heterocycles. The van der Waals surface area contributed by atoms with Crippen molar-refractivity contribution in [3.8, 4) is 0 Å². The van der Waals surface area contributed by atoms with Crippen molar-refractivity contribution >= 4 is 17.1 Å². The molecule has 0 atom stereocenters. The lowest BCUT2D eigenvalue weighted by Crippen LogP contribution is -2.36. The number of methoxy groups -OCH3 is 1. The third-order valence-electron chi connectivity index (χ3n) is 3.56. The van der Waals surface area contributed by atoms with Crippen LogP contribution < -0.4 is 10.9 Å². The zero-order valence-corrected chi connectivity index (χ0v) is 12.4. The van der Waals surface area contributed by atoms with Gasteiger partial charge in [0.25, 0.3) is 11.5 Å². The first kappa shape index (κ1) is 14.6. The van der Waals surface area contributed by atoms with Crippen LogP contribution in [0.15, 0.2) is 23.1 Å². The Hall–Kier alpha value is -2.28. The topological polar surface area (TPSA) is 86.1 Å². The van der Waals surface area contributed by atoms with Crippen molar-refractivity contribution in [2.24, 2.45) is 0 Å². The zero-order valence-electron chi connectivity index (χ0n) is 12.4. The Balaban J connectivity index is 2.02. The number of aryl methyl sites for hydroxylation is 1. The predicted molar refractivity (Wildman–Crippen MR) is 80.8 cm³/mol. The average molecular weight is 302 g/mol. The summed E-state index contributed by atoms with van der Waals surface area (Å²) >= 11 is 0. The Kier molecular flexibility index (Phi) is 4.15. The van der Waals surface area contributed by atoms with E-state index in [0.29, 0.717) is 30.7 Å². The van der Waals surface area contributed by atoms with E-state index in [1.807, 2.05) is 0 Å². The minimum Gasteiger partial charge on any atom is -0.385 e. The van der Waals surface area contributed by atoms with Crippen molar-refractivity contribution in [3.05, 3.63) is 34.4 Å². The van der Waals surface area contributed by atoms with Crippen LogP contribution in [-0.4, -0.2) is 40.2 Å². The first-order valence-corrected chi connectivity index (χ1v) is 7.36. The first-order chi connectivity index (χ1) is 10.7. The van der Waals surface area contributed by atoms with Gasteiger partial charge in [0.2, 0.25) is 0 Å². The summed E-state index contributed by atoms with van der Waals surface area (Å²) in [5.41, 5.74) is 0.567. The van der Waals surface area contributed by atoms with Gasteiger partial charge in [0.15, 0.2) is 11.3 Å². The highest BCUT2D eigenvalue weighted by atomic mass is 16.5. The molecule has 7 heteroatoms. The molecule has 0 bridgehead atoms. The minimum absolute atomic E-state index is 0.0650. The largest absolute Gasteiger partial charge is 0.385 e. The van der Waals surface area contributed by atoms with Gasteiger partial charge >= 0.3 is 0 Å². The quantitative estimate of drug-likeness (QED) is 0.795. The number of carbonyl (C=O) groups excluding carboxylic acids is 1. The van der Waals surface area contributed by atoms with Crippen LogP contribution in [0.5, 0.6) is 0 Å². The predicted octanol–water partition coefficient (Wildman–Crippen LogP) is 0.720. The van der Waals surface area contributed by atoms with Gasteiger partial charge in [0.1, 0.15) is 5.52 Å². The van der Waals surface area contributed by atoms with E-state index in [1.165, 1.54) is 4.57 Å². The molecule has 1 fully saturated rings. The van der Waals surface area contributed by atoms with E-state index in [1.54, 1.807) is 25.4 Å². The number of carbonyl (C=O) groups is 1. The summed E-state index contributed by atoms with van der Waals surface area (Å²) in [7, 11) is 1.61. The third-order valence-corrected chi connectivity index (χ3v) is 3.56. The van der Waals surface area contributed by atoms with Gasteiger partial charge < -0.3 is 10.1 Å². The van der Waals surface area contributed by atoms with E-state index < -0.39 is 11.5 Å². The molecule has 2 aromatic rings. The lowest BCUT2D eigenvalue weighted by Gasteiger charge is -2.11. The second kappa shape index (κ2) is 6.23. The van der Waals surface area contributed by atoms with Crippen LogP contribution >= 0.6 is 0 Å². The molecule has 0 aliphatic heterocycles. The highest BCUT2D eigenvalue weighted by Crippen LogP contribution is 2.19. The first-order valence-electron chi connectivity index (χ1n) is 7.36. The average Bonchev–Trinajstić information content (AvgIpc) is 3.33. The molecule has 1 aliphatic rings. The summed E-state index contributed by atoms with van der Waals surface area (Å²) in [6.07, 6.45) is 4.20. The standard InChI is InChI=1S/C15H18N4O3/c1-22-9-3-8-19-13-11(4-2-7-16-13)18-12(15(19)21)14(20)17-10-5-6-10/h2,4,7,10H,3,5-6,8-9H2,1H3,(H,17,20). The Morgan fingerprint density at radius 1 is 1.50 bits per heavy atom. The molecule has 1 N–H and O–H groups in total. The zero-order chi connectivity index (χ0) is 15.5. The summed E-state index contributed by atoms with van der Waals surface area (Å²) in [4.78, 5) is 33.2. The molecule has 0 spiro atoms. The number of fused-ring (bicyclic) bond motifs is 1. The second-order valence-electron chi connectivity index (χ2n) is 5.36. The van der Waals surface area contributed by atoms with Gasteiger partial charge in [-0.15, -0.1) is 0 Å². The van der Waals surface area contributed by atoms with Crippen molar-refractivity contribution in [1.82, 2.24) is 19.9 Å². The van der Waals surface area contributed by atoms with Gasteiger partial charge in [0.05, 0.1) is 0 Å². The molecule has 1 saturated carbocycles. The van der Waals surface area contributed by atoms with Crippen LogP contribution in [0.3, 0.4) is 0 Å². The van der Waals surface area contributed by atoms with E-state index >= 15 is 0 Å². The number of hydrogen-bond donors (Lipinski definition) is 1. The Morgan fingerprint density at radius 2 is 2.32 bits per heavy atom. The van der Waals surface area contributed by atoms with Gasteiger partial charge in [-0.2, -0.15) is 0 Å². The van der Waals surface area contributed by atoms with Crippen LogP contribution in [0.4, 0.5) is 0 Å². The van der Waals surface area contributed by atoms with Gasteiger partial charge in [-0.05, 0) is 31.4 Å². The van der Waals surface area contributed by atoms with E-state index in [4.69, 9.17) is 4.74 Å². The van der Waals surface area contributed by atoms with Crippen molar-refractivity contribution in [2.75, 3.05) is 13.7 Å². The van der Waals surface area contributed by atoms with Crippen LogP contribution in [0, 0.1) is 0 Å². The molecule has 3 rings (SSSR count). The van der Waals surface area contributed by atoms with E-state index in [9.17, 15) is 9.59 Å². The molecule has 0 saturated heterocycles. The molecule has 116 valence electrons. The number of amides is 1. The smallest absolute Gasteiger partial charge is 0.283 e. The van der Waals surface area contributed by atoms with E-state index in [2.05, 4.69) is 15.3 Å². The normalized spacial score (nSPS) is 14.2. The highest BCUT2D eigenvalue weighted by molar-refractivity contribution is 5.93. The Morgan fingerprint density at radius 3 is 3.05 bits per heavy atom. The van der Waals surface area contributed by atoms with Crippen LogP contribution in [0.1, 0.15) is 29.8 Å². The number of ether oxygens (including phenoxy) is 1. The van der Waals surface area contributed by atoms with Gasteiger partial charge in [-0.3, -0.25) is 14.2 Å². The summed E-state index contributed by atoms with van der Waals surface area (Å²) in [5, 5.41) is 2.81. The maximum Gasteiger partial charge on any atom is 0.283 e. The molecule has 0 radical (unpaired) electrons. The van der Waals surface area contributed by atoms with E-state index in [-0.39, 0.29) is 11.7 Å². The second-order valence-corrected chi connectivity index (χ2v) is 5.36. The van der Waals surface area contributed by atoms with Gasteiger partial charge in [-0.25, -0.2) is 9.97 Å². The van der Waals surface area contributed by atoms with Crippen molar-refractivity contribution < 1.29 is 9.53 Å². The molecule has 0 unspecified atom stereocenters. The van der Waals surface area contributed by atoms with Crippen molar-refractivity contribution in [1.29, 1.82) is 0 Å². The highest BCUT2D eigenvalue weighted by Gasteiger charge is 2.26. The maximum atomic E-state index is 12.6. The fraction of sp³-hybridized carbons (Fsp3) is 0.467. The van der Waals surface area contributed by atoms with Crippen LogP contribution in [0.25, 0.3) is 11.2 Å². The maximum absolute atomic E-state index is 12.6. The van der Waals surface area contributed by atoms with Gasteiger partial charge in [0, 0.05) is 32.5 Å². The summed E-state index contributed by atoms with van der Waals surface area (Å²) < 4.78 is 6.53. The number of nitrogens with one attached hydrogen (secondary N) is 1. The molecule has 7 nitrogen and oxygen atoms in total. The summed E-state index contributed by atoms with van der Waals surface area (Å²) in [6.45, 7) is 0.971. The Labute approximate surface area is 127 Å². The molecule has 0 aromatic carbocycles. The van der Waals surface area contributed by atoms with E-state index in [0.717, 1.165) is 12.8 Å². The molecule has 1 amide bonds. The number of hydrogen-bond acceptors (Lipinski definition) is 5. The summed E-state index contributed by atoms with van der Waals surface area (Å²) in [6, 6.07) is 3.67. The fourth-order valence-corrected chi connectivity index (χ4v) is 2.28. The molecule has 2 heterocycles. The lowest BCUT2D eigenvalue weighted by molar-refractivity contribution is 0.0944. The lowest BCUT2D eigenvalue weighted by atomic mass is 10.3. The number of pyridine rings is 1. The SMILES string of the molecule is COCCCn1c(=O)c(C(=O)NC2CC2)nc2cccnc21. The molecule has 1 aliphatic carbocycles. The van der Waals surface area contributed by atoms with Crippen LogP contribution in [-0.2, 0) is 11.3 Å². The van der Waals surface area contributed by atoms with Crippen molar-refractivity contribution in [3.63, 3.8) is 0 Å². The summed E-state index contributed by atoms with van der Waals surface area (Å²) in [5.74, 6) is -0.404. The number of rotatable bonds is 6. The van der Waals surface area contributed by atoms with Crippen LogP contribution in [0.2, 0.25) is 0 Å². The Bertz CT molecular complexity index is 752. The number of nitrogens with zero attached hydrogens (tertiary/aromatic N) is 3. The third kappa shape index (κ3) is 2.99. The molecule has 22 heavy (non-hydrogen) atoms. The number of aromatic nitrogens is 3. The van der Waals surface area contributed by atoms with Crippen molar-refractivity contribution in [2.45, 2.75) is 31.8 Å². The van der Waals surface area contributed by atoms with Gasteiger partial charge in [-0.1, -0.05) is 0 Å². The minimum atomic E-state index is -0.404. The monoisotopic (exact) mass is 302 g/mol.